The highest BCUT2D eigenvalue weighted by atomic mass is 32.2. The van der Waals surface area contributed by atoms with Crippen LogP contribution in [0, 0.1) is 16.0 Å². The molecule has 0 saturated heterocycles. The van der Waals surface area contributed by atoms with Gasteiger partial charge in [0.25, 0.3) is 21.6 Å². The van der Waals surface area contributed by atoms with E-state index in [1.54, 1.807) is 12.1 Å². The van der Waals surface area contributed by atoms with Crippen molar-refractivity contribution in [2.45, 2.75) is 54.5 Å². The number of hydrogen-bond donors (Lipinski definition) is 3. The van der Waals surface area contributed by atoms with Crippen molar-refractivity contribution in [3.63, 3.8) is 0 Å². The van der Waals surface area contributed by atoms with Crippen LogP contribution in [0.15, 0.2) is 107 Å². The third kappa shape index (κ3) is 8.30. The molecule has 254 valence electrons. The standard InChI is InChI=1S/C36H37N5O6S2/c42-22-29(23-48-30-9-5-2-6-10-30)38-32-17-16-31(20-35(32)41(44)45)49(46,47)39-36(43)27-13-11-26(12-14-27)28-15-18-34-33(19-28)37-24-40(34)21-25-7-3-1-4-8-25/h2,5-6,9-20,24-25,29,38,42H,1,3-4,7-8,21-23H2,(H,39,43)/t29-/m1/s1. The zero-order valence-corrected chi connectivity index (χ0v) is 28.3. The average Bonchev–Trinajstić information content (AvgIpc) is 3.52. The van der Waals surface area contributed by atoms with Crippen LogP contribution in [-0.4, -0.2) is 52.3 Å². The molecule has 0 aliphatic heterocycles. The van der Waals surface area contributed by atoms with Gasteiger partial charge in [0, 0.05) is 28.8 Å². The Balaban J connectivity index is 1.11. The van der Waals surface area contributed by atoms with Crippen molar-refractivity contribution in [3.05, 3.63) is 113 Å². The number of aliphatic hydroxyl groups excluding tert-OH is 1. The van der Waals surface area contributed by atoms with Gasteiger partial charge >= 0.3 is 0 Å². The lowest BCUT2D eigenvalue weighted by Gasteiger charge is -2.22. The van der Waals surface area contributed by atoms with Crippen LogP contribution in [0.4, 0.5) is 11.4 Å². The van der Waals surface area contributed by atoms with Crippen molar-refractivity contribution >= 4 is 50.1 Å². The summed E-state index contributed by atoms with van der Waals surface area (Å²) in [5, 5.41) is 24.7. The quantitative estimate of drug-likeness (QED) is 0.0678. The van der Waals surface area contributed by atoms with Crippen molar-refractivity contribution < 1.29 is 23.2 Å². The lowest BCUT2D eigenvalue weighted by molar-refractivity contribution is -0.384. The second-order valence-corrected chi connectivity index (χ2v) is 15.0. The molecule has 1 atom stereocenters. The highest BCUT2D eigenvalue weighted by molar-refractivity contribution is 7.99. The number of anilines is 1. The zero-order chi connectivity index (χ0) is 34.4. The van der Waals surface area contributed by atoms with Gasteiger partial charge in [-0.15, -0.1) is 11.8 Å². The molecule has 1 saturated carbocycles. The number of fused-ring (bicyclic) bond motifs is 1. The first-order chi connectivity index (χ1) is 23.7. The van der Waals surface area contributed by atoms with Crippen LogP contribution in [0.1, 0.15) is 42.5 Å². The van der Waals surface area contributed by atoms with E-state index in [0.717, 1.165) is 39.7 Å². The molecule has 0 bridgehead atoms. The van der Waals surface area contributed by atoms with E-state index < -0.39 is 37.5 Å². The number of amides is 1. The van der Waals surface area contributed by atoms with Crippen molar-refractivity contribution in [2.24, 2.45) is 5.92 Å². The van der Waals surface area contributed by atoms with Gasteiger partial charge in [-0.3, -0.25) is 14.9 Å². The predicted octanol–water partition coefficient (Wildman–Crippen LogP) is 6.88. The maximum atomic E-state index is 13.2. The molecule has 1 heterocycles. The number of nitro groups is 1. The fraction of sp³-hybridized carbons (Fsp3) is 0.278. The third-order valence-corrected chi connectivity index (χ3v) is 11.3. The van der Waals surface area contributed by atoms with Gasteiger partial charge in [-0.2, -0.15) is 0 Å². The number of sulfonamides is 1. The topological polar surface area (TPSA) is 156 Å². The first kappa shape index (κ1) is 34.2. The minimum atomic E-state index is -4.45. The first-order valence-electron chi connectivity index (χ1n) is 16.2. The Labute approximate surface area is 289 Å². The summed E-state index contributed by atoms with van der Waals surface area (Å²) in [6, 6.07) is 24.9. The molecule has 5 aromatic rings. The van der Waals surface area contributed by atoms with E-state index in [-0.39, 0.29) is 17.9 Å². The Hall–Kier alpha value is -4.72. The van der Waals surface area contributed by atoms with Crippen molar-refractivity contribution in [2.75, 3.05) is 17.7 Å². The van der Waals surface area contributed by atoms with Gasteiger partial charge in [-0.05, 0) is 78.4 Å². The SMILES string of the molecule is O=C(NS(=O)(=O)c1ccc(N[C@H](CO)CSc2ccccc2)c([N+](=O)[O-])c1)c1ccc(-c2ccc3c(c2)ncn3CC2CCCCC2)cc1. The van der Waals surface area contributed by atoms with E-state index in [1.165, 1.54) is 68.1 Å². The summed E-state index contributed by atoms with van der Waals surface area (Å²) in [7, 11) is -4.45. The normalized spacial score (nSPS) is 14.4. The Morgan fingerprint density at radius 2 is 1.71 bits per heavy atom. The largest absolute Gasteiger partial charge is 0.394 e. The molecule has 0 radical (unpaired) electrons. The van der Waals surface area contributed by atoms with E-state index in [1.807, 2.05) is 53.5 Å². The molecule has 1 aliphatic rings. The highest BCUT2D eigenvalue weighted by Gasteiger charge is 2.25. The summed E-state index contributed by atoms with van der Waals surface area (Å²) < 4.78 is 30.5. The highest BCUT2D eigenvalue weighted by Crippen LogP contribution is 2.31. The number of nitro benzene ring substituents is 1. The van der Waals surface area contributed by atoms with Crippen LogP contribution in [0.2, 0.25) is 0 Å². The van der Waals surface area contributed by atoms with Gasteiger partial charge in [0.15, 0.2) is 0 Å². The fourth-order valence-electron chi connectivity index (χ4n) is 6.12. The number of imidazole rings is 1. The van der Waals surface area contributed by atoms with E-state index >= 15 is 0 Å². The van der Waals surface area contributed by atoms with Gasteiger partial charge in [0.05, 0.1) is 39.8 Å². The molecular formula is C36H37N5O6S2. The van der Waals surface area contributed by atoms with E-state index in [4.69, 9.17) is 0 Å². The minimum absolute atomic E-state index is 0.0488. The molecule has 4 aromatic carbocycles. The molecule has 1 fully saturated rings. The number of hydrogen-bond acceptors (Lipinski definition) is 9. The van der Waals surface area contributed by atoms with Crippen LogP contribution in [0.3, 0.4) is 0 Å². The number of nitrogens with zero attached hydrogens (tertiary/aromatic N) is 3. The number of aliphatic hydroxyl groups is 1. The van der Waals surface area contributed by atoms with Crippen LogP contribution in [-0.2, 0) is 16.6 Å². The van der Waals surface area contributed by atoms with Crippen LogP contribution in [0.25, 0.3) is 22.2 Å². The maximum absolute atomic E-state index is 13.2. The lowest BCUT2D eigenvalue weighted by atomic mass is 9.89. The first-order valence-corrected chi connectivity index (χ1v) is 18.6. The number of rotatable bonds is 13. The molecule has 3 N–H and O–H groups in total. The van der Waals surface area contributed by atoms with E-state index in [2.05, 4.69) is 20.9 Å². The number of nitrogens with one attached hydrogen (secondary N) is 2. The molecular weight excluding hydrogens is 663 g/mol. The zero-order valence-electron chi connectivity index (χ0n) is 26.7. The molecule has 0 spiro atoms. The number of aromatic nitrogens is 2. The van der Waals surface area contributed by atoms with Crippen LogP contribution < -0.4 is 10.0 Å². The fourth-order valence-corrected chi connectivity index (χ4v) is 8.04. The van der Waals surface area contributed by atoms with Gasteiger partial charge in [0.2, 0.25) is 0 Å². The number of carbonyl (C=O) groups is 1. The maximum Gasteiger partial charge on any atom is 0.293 e. The Morgan fingerprint density at radius 3 is 2.43 bits per heavy atom. The van der Waals surface area contributed by atoms with Crippen LogP contribution in [0.5, 0.6) is 0 Å². The van der Waals surface area contributed by atoms with Crippen molar-refractivity contribution in [3.8, 4) is 11.1 Å². The van der Waals surface area contributed by atoms with Crippen molar-refractivity contribution in [1.82, 2.24) is 14.3 Å². The van der Waals surface area contributed by atoms with E-state index in [9.17, 15) is 28.4 Å². The summed E-state index contributed by atoms with van der Waals surface area (Å²) in [6.07, 6.45) is 8.30. The van der Waals surface area contributed by atoms with Gasteiger partial charge < -0.3 is 15.0 Å². The van der Waals surface area contributed by atoms with Gasteiger partial charge in [-0.25, -0.2) is 18.1 Å². The summed E-state index contributed by atoms with van der Waals surface area (Å²) in [6.45, 7) is 0.667. The Morgan fingerprint density at radius 1 is 0.980 bits per heavy atom. The monoisotopic (exact) mass is 699 g/mol. The molecule has 1 aromatic heterocycles. The lowest BCUT2D eigenvalue weighted by Crippen LogP contribution is -2.30. The van der Waals surface area contributed by atoms with Crippen LogP contribution >= 0.6 is 11.8 Å². The molecule has 0 unspecified atom stereocenters. The average molecular weight is 700 g/mol. The molecule has 1 amide bonds. The molecule has 11 nitrogen and oxygen atoms in total. The Bertz CT molecular complexity index is 2050. The van der Waals surface area contributed by atoms with Crippen molar-refractivity contribution in [1.29, 1.82) is 0 Å². The minimum Gasteiger partial charge on any atom is -0.394 e. The number of benzene rings is 4. The summed E-state index contributed by atoms with van der Waals surface area (Å²) in [5.74, 6) is 0.219. The molecule has 13 heteroatoms. The second-order valence-electron chi connectivity index (χ2n) is 12.2. The third-order valence-electron chi connectivity index (χ3n) is 8.76. The molecule has 49 heavy (non-hydrogen) atoms. The van der Waals surface area contributed by atoms with Gasteiger partial charge in [0.1, 0.15) is 5.69 Å². The van der Waals surface area contributed by atoms with Gasteiger partial charge in [-0.1, -0.05) is 55.7 Å². The number of thioether (sulfide) groups is 1. The molecule has 6 rings (SSSR count). The second kappa shape index (κ2) is 15.2. The number of carbonyl (C=O) groups excluding carboxylic acids is 1. The molecule has 1 aliphatic carbocycles. The Kier molecular flexibility index (Phi) is 10.6. The summed E-state index contributed by atoms with van der Waals surface area (Å²) in [5.41, 5.74) is 3.37. The van der Waals surface area contributed by atoms with E-state index in [0.29, 0.717) is 11.7 Å². The smallest absolute Gasteiger partial charge is 0.293 e. The summed E-state index contributed by atoms with van der Waals surface area (Å²) in [4.78, 5) is 29.4. The predicted molar refractivity (Wildman–Crippen MR) is 191 cm³/mol. The summed E-state index contributed by atoms with van der Waals surface area (Å²) >= 11 is 1.47.